The van der Waals surface area contributed by atoms with Crippen molar-refractivity contribution in [2.24, 2.45) is 0 Å². The molecule has 0 saturated heterocycles. The minimum absolute atomic E-state index is 0.0956. The van der Waals surface area contributed by atoms with Gasteiger partial charge in [0.2, 0.25) is 0 Å². The number of hydrogen-bond donors (Lipinski definition) is 2. The van der Waals surface area contributed by atoms with Crippen molar-refractivity contribution in [1.82, 2.24) is 5.32 Å². The molecule has 0 amide bonds. The van der Waals surface area contributed by atoms with Gasteiger partial charge in [0, 0.05) is 6.54 Å². The minimum atomic E-state index is -3.68. The molecule has 2 aromatic carbocycles. The number of sulfonamides is 1. The Bertz CT molecular complexity index is 775. The first-order chi connectivity index (χ1) is 10.1. The highest BCUT2D eigenvalue weighted by molar-refractivity contribution is 7.92. The van der Waals surface area contributed by atoms with Gasteiger partial charge < -0.3 is 5.32 Å². The molecule has 0 aliphatic carbocycles. The number of nitrogens with one attached hydrogen (secondary N) is 2. The first-order valence-electron chi connectivity index (χ1n) is 6.67. The summed E-state index contributed by atoms with van der Waals surface area (Å²) in [6, 6.07) is 12.1. The van der Waals surface area contributed by atoms with E-state index in [1.54, 1.807) is 24.3 Å². The second kappa shape index (κ2) is 5.67. The zero-order chi connectivity index (χ0) is 14.9. The van der Waals surface area contributed by atoms with E-state index in [9.17, 15) is 8.42 Å². The molecule has 6 heteroatoms. The van der Waals surface area contributed by atoms with Crippen molar-refractivity contribution in [2.75, 3.05) is 11.3 Å². The lowest BCUT2D eigenvalue weighted by Crippen LogP contribution is -2.25. The Hall–Kier alpha value is -1.56. The normalized spacial score (nSPS) is 14.5. The third-order valence-electron chi connectivity index (χ3n) is 3.51. The van der Waals surface area contributed by atoms with Crippen LogP contribution in [0.3, 0.4) is 0 Å². The average Bonchev–Trinajstić information content (AvgIpc) is 2.47. The van der Waals surface area contributed by atoms with Crippen LogP contribution in [-0.2, 0) is 23.0 Å². The molecule has 2 aromatic rings. The summed E-state index contributed by atoms with van der Waals surface area (Å²) in [5, 5.41) is 3.49. The van der Waals surface area contributed by atoms with Gasteiger partial charge in [-0.2, -0.15) is 0 Å². The quantitative estimate of drug-likeness (QED) is 0.913. The lowest BCUT2D eigenvalue weighted by Gasteiger charge is -2.21. The molecule has 0 atom stereocenters. The molecule has 1 heterocycles. The van der Waals surface area contributed by atoms with E-state index in [0.717, 1.165) is 30.6 Å². The number of halogens is 1. The van der Waals surface area contributed by atoms with E-state index < -0.39 is 10.0 Å². The Morgan fingerprint density at radius 2 is 1.90 bits per heavy atom. The third-order valence-corrected chi connectivity index (χ3v) is 5.38. The fourth-order valence-corrected chi connectivity index (χ4v) is 4.10. The predicted octanol–water partition coefficient (Wildman–Crippen LogP) is 2.79. The highest BCUT2D eigenvalue weighted by atomic mass is 35.5. The summed E-state index contributed by atoms with van der Waals surface area (Å²) < 4.78 is 27.7. The Morgan fingerprint density at radius 1 is 1.10 bits per heavy atom. The van der Waals surface area contributed by atoms with E-state index in [2.05, 4.69) is 10.0 Å². The van der Waals surface area contributed by atoms with E-state index in [0.29, 0.717) is 5.69 Å². The summed E-state index contributed by atoms with van der Waals surface area (Å²) in [4.78, 5) is 0.0956. The Kier molecular flexibility index (Phi) is 3.89. The molecule has 0 unspecified atom stereocenters. The maximum Gasteiger partial charge on any atom is 0.263 e. The van der Waals surface area contributed by atoms with Crippen LogP contribution in [0.1, 0.15) is 11.1 Å². The zero-order valence-electron chi connectivity index (χ0n) is 11.3. The number of anilines is 1. The molecule has 1 aliphatic heterocycles. The van der Waals surface area contributed by atoms with Gasteiger partial charge >= 0.3 is 0 Å². The predicted molar refractivity (Wildman–Crippen MR) is 84.1 cm³/mol. The lowest BCUT2D eigenvalue weighted by molar-refractivity contribution is 0.601. The largest absolute Gasteiger partial charge is 0.312 e. The van der Waals surface area contributed by atoms with E-state index in [1.165, 1.54) is 6.07 Å². The standard InChI is InChI=1S/C15H15ClN2O2S/c16-13-5-1-2-7-15(13)21(19,20)18-14-6-3-4-11-10-17-9-8-12(11)14/h1-7,17-18H,8-10H2. The van der Waals surface area contributed by atoms with Crippen molar-refractivity contribution in [1.29, 1.82) is 0 Å². The van der Waals surface area contributed by atoms with E-state index in [1.807, 2.05) is 12.1 Å². The number of hydrogen-bond acceptors (Lipinski definition) is 3. The molecule has 0 spiro atoms. The summed E-state index contributed by atoms with van der Waals surface area (Å²) in [6.07, 6.45) is 0.802. The lowest BCUT2D eigenvalue weighted by atomic mass is 9.99. The molecule has 1 aliphatic rings. The fourth-order valence-electron chi connectivity index (χ4n) is 2.49. The van der Waals surface area contributed by atoms with Gasteiger partial charge in [-0.15, -0.1) is 0 Å². The molecule has 0 saturated carbocycles. The second-order valence-corrected chi connectivity index (χ2v) is 6.96. The van der Waals surface area contributed by atoms with Gasteiger partial charge in [0.1, 0.15) is 4.90 Å². The first-order valence-corrected chi connectivity index (χ1v) is 8.53. The average molecular weight is 323 g/mol. The maximum absolute atomic E-state index is 12.5. The van der Waals surface area contributed by atoms with Gasteiger partial charge in [0.05, 0.1) is 10.7 Å². The van der Waals surface area contributed by atoms with Crippen LogP contribution in [0.15, 0.2) is 47.4 Å². The number of benzene rings is 2. The SMILES string of the molecule is O=S(=O)(Nc1cccc2c1CCNC2)c1ccccc1Cl. The Balaban J connectivity index is 1.99. The van der Waals surface area contributed by atoms with E-state index in [4.69, 9.17) is 11.6 Å². The molecule has 21 heavy (non-hydrogen) atoms. The van der Waals surface area contributed by atoms with Crippen molar-refractivity contribution < 1.29 is 8.42 Å². The second-order valence-electron chi connectivity index (χ2n) is 4.91. The van der Waals surface area contributed by atoms with Gasteiger partial charge in [-0.3, -0.25) is 4.72 Å². The maximum atomic E-state index is 12.5. The summed E-state index contributed by atoms with van der Waals surface area (Å²) in [5.41, 5.74) is 2.81. The molecule has 2 N–H and O–H groups in total. The van der Waals surface area contributed by atoms with Gasteiger partial charge in [0.15, 0.2) is 0 Å². The van der Waals surface area contributed by atoms with Crippen molar-refractivity contribution in [3.8, 4) is 0 Å². The van der Waals surface area contributed by atoms with Crippen LogP contribution in [0.25, 0.3) is 0 Å². The van der Waals surface area contributed by atoms with Gasteiger partial charge in [-0.25, -0.2) is 8.42 Å². The van der Waals surface area contributed by atoms with Crippen LogP contribution in [0.5, 0.6) is 0 Å². The Morgan fingerprint density at radius 3 is 2.71 bits per heavy atom. The van der Waals surface area contributed by atoms with Gasteiger partial charge in [-0.1, -0.05) is 35.9 Å². The van der Waals surface area contributed by atoms with Gasteiger partial charge in [0.25, 0.3) is 10.0 Å². The minimum Gasteiger partial charge on any atom is -0.312 e. The molecule has 0 aromatic heterocycles. The van der Waals surface area contributed by atoms with Crippen LogP contribution in [0.2, 0.25) is 5.02 Å². The van der Waals surface area contributed by atoms with Crippen molar-refractivity contribution in [3.05, 3.63) is 58.6 Å². The van der Waals surface area contributed by atoms with Gasteiger partial charge in [-0.05, 0) is 42.3 Å². The van der Waals surface area contributed by atoms with Crippen LogP contribution in [0, 0.1) is 0 Å². The highest BCUT2D eigenvalue weighted by Crippen LogP contribution is 2.27. The van der Waals surface area contributed by atoms with Crippen LogP contribution < -0.4 is 10.0 Å². The van der Waals surface area contributed by atoms with E-state index >= 15 is 0 Å². The summed E-state index contributed by atoms with van der Waals surface area (Å²) in [5.74, 6) is 0. The number of rotatable bonds is 3. The van der Waals surface area contributed by atoms with Crippen molar-refractivity contribution in [2.45, 2.75) is 17.9 Å². The summed E-state index contributed by atoms with van der Waals surface area (Å²) in [6.45, 7) is 1.61. The molecule has 4 nitrogen and oxygen atoms in total. The first kappa shape index (κ1) is 14.4. The molecule has 0 radical (unpaired) electrons. The highest BCUT2D eigenvalue weighted by Gasteiger charge is 2.20. The smallest absolute Gasteiger partial charge is 0.263 e. The molecular weight excluding hydrogens is 308 g/mol. The zero-order valence-corrected chi connectivity index (χ0v) is 12.8. The topological polar surface area (TPSA) is 58.2 Å². The van der Waals surface area contributed by atoms with Crippen LogP contribution >= 0.6 is 11.6 Å². The van der Waals surface area contributed by atoms with Crippen LogP contribution in [-0.4, -0.2) is 15.0 Å². The molecule has 0 bridgehead atoms. The molecular formula is C15H15ClN2O2S. The fraction of sp³-hybridized carbons (Fsp3) is 0.200. The van der Waals surface area contributed by atoms with E-state index in [-0.39, 0.29) is 9.92 Å². The third kappa shape index (κ3) is 2.90. The Labute approximate surface area is 129 Å². The summed E-state index contributed by atoms with van der Waals surface area (Å²) in [7, 11) is -3.68. The monoisotopic (exact) mass is 322 g/mol. The molecule has 110 valence electrons. The molecule has 3 rings (SSSR count). The van der Waals surface area contributed by atoms with Crippen LogP contribution in [0.4, 0.5) is 5.69 Å². The van der Waals surface area contributed by atoms with Crippen molar-refractivity contribution in [3.63, 3.8) is 0 Å². The summed E-state index contributed by atoms with van der Waals surface area (Å²) >= 11 is 5.99. The van der Waals surface area contributed by atoms with Crippen molar-refractivity contribution >= 4 is 27.3 Å². The molecule has 0 fully saturated rings. The number of fused-ring (bicyclic) bond motifs is 1.